The van der Waals surface area contributed by atoms with Gasteiger partial charge in [0.05, 0.1) is 0 Å². The molecule has 1 amide bonds. The van der Waals surface area contributed by atoms with Gasteiger partial charge in [0.25, 0.3) is 0 Å². The van der Waals surface area contributed by atoms with E-state index in [1.165, 1.54) is 0 Å². The third-order valence-electron chi connectivity index (χ3n) is 3.67. The number of nitrogens with two attached hydrogens (primary N) is 1. The summed E-state index contributed by atoms with van der Waals surface area (Å²) in [6.45, 7) is 7.04. The number of amides is 1. The van der Waals surface area contributed by atoms with E-state index in [4.69, 9.17) is 10.5 Å². The summed E-state index contributed by atoms with van der Waals surface area (Å²) < 4.78 is 5.44. The number of hydrogen-bond donors (Lipinski definition) is 1. The molecule has 120 valence electrons. The van der Waals surface area contributed by atoms with Crippen LogP contribution in [-0.4, -0.2) is 29.7 Å². The molecule has 1 atom stereocenters. The first-order valence-electron chi connectivity index (χ1n) is 8.01. The number of allylic oxidation sites excluding steroid dienone is 3. The van der Waals surface area contributed by atoms with Crippen LogP contribution in [0.2, 0.25) is 0 Å². The van der Waals surface area contributed by atoms with Crippen molar-refractivity contribution in [3.63, 3.8) is 0 Å². The molecule has 4 nitrogen and oxygen atoms in total. The molecule has 1 aliphatic carbocycles. The highest BCUT2D eigenvalue weighted by atomic mass is 16.6. The van der Waals surface area contributed by atoms with Crippen LogP contribution in [0.25, 0.3) is 0 Å². The summed E-state index contributed by atoms with van der Waals surface area (Å²) in [5, 5.41) is 0. The van der Waals surface area contributed by atoms with Crippen molar-refractivity contribution in [2.75, 3.05) is 13.1 Å². The smallest absolute Gasteiger partial charge is 0.410 e. The maximum atomic E-state index is 12.1. The van der Waals surface area contributed by atoms with Crippen molar-refractivity contribution in [1.82, 2.24) is 4.90 Å². The van der Waals surface area contributed by atoms with Gasteiger partial charge in [0.2, 0.25) is 0 Å². The summed E-state index contributed by atoms with van der Waals surface area (Å²) in [5.41, 5.74) is 7.20. The molecule has 22 heavy (non-hydrogen) atoms. The number of carbonyl (C=O) groups excluding carboxylic acids is 1. The van der Waals surface area contributed by atoms with Crippen molar-refractivity contribution >= 4 is 6.09 Å². The highest BCUT2D eigenvalue weighted by Gasteiger charge is 2.26. The third-order valence-corrected chi connectivity index (χ3v) is 3.67. The molecule has 1 fully saturated rings. The van der Waals surface area contributed by atoms with Gasteiger partial charge in [-0.05, 0) is 46.5 Å². The van der Waals surface area contributed by atoms with E-state index in [0.29, 0.717) is 6.54 Å². The molecule has 0 spiro atoms. The maximum Gasteiger partial charge on any atom is 0.410 e. The van der Waals surface area contributed by atoms with Gasteiger partial charge in [-0.1, -0.05) is 24.0 Å². The van der Waals surface area contributed by atoms with Crippen LogP contribution < -0.4 is 5.73 Å². The zero-order valence-electron chi connectivity index (χ0n) is 13.8. The fraction of sp³-hybridized carbons (Fsp3) is 0.611. The molecule has 1 heterocycles. The molecule has 1 aliphatic heterocycles. The fourth-order valence-electron chi connectivity index (χ4n) is 2.58. The van der Waals surface area contributed by atoms with Gasteiger partial charge in [0.1, 0.15) is 5.60 Å². The molecule has 0 bridgehead atoms. The summed E-state index contributed by atoms with van der Waals surface area (Å²) in [6, 6.07) is 0. The van der Waals surface area contributed by atoms with Gasteiger partial charge >= 0.3 is 6.09 Å². The summed E-state index contributed by atoms with van der Waals surface area (Å²) >= 11 is 0. The van der Waals surface area contributed by atoms with Gasteiger partial charge in [-0.3, -0.25) is 0 Å². The number of likely N-dealkylation sites (tertiary alicyclic amines) is 1. The van der Waals surface area contributed by atoms with Gasteiger partial charge in [0.15, 0.2) is 0 Å². The van der Waals surface area contributed by atoms with Crippen molar-refractivity contribution < 1.29 is 9.53 Å². The number of nitrogens with zero attached hydrogens (tertiary/aromatic N) is 1. The Morgan fingerprint density at radius 1 is 1.36 bits per heavy atom. The van der Waals surface area contributed by atoms with E-state index in [9.17, 15) is 4.79 Å². The topological polar surface area (TPSA) is 55.6 Å². The monoisotopic (exact) mass is 302 g/mol. The van der Waals surface area contributed by atoms with Crippen molar-refractivity contribution in [3.05, 3.63) is 23.4 Å². The average molecular weight is 302 g/mol. The second-order valence-electron chi connectivity index (χ2n) is 6.89. The van der Waals surface area contributed by atoms with Gasteiger partial charge in [-0.15, -0.1) is 0 Å². The van der Waals surface area contributed by atoms with Crippen LogP contribution in [0.3, 0.4) is 0 Å². The Morgan fingerprint density at radius 3 is 2.77 bits per heavy atom. The quantitative estimate of drug-likeness (QED) is 0.699. The van der Waals surface area contributed by atoms with E-state index in [1.54, 1.807) is 4.90 Å². The number of rotatable bonds is 0. The Labute approximate surface area is 133 Å². The van der Waals surface area contributed by atoms with E-state index in [2.05, 4.69) is 17.9 Å². The molecule has 1 saturated heterocycles. The predicted octanol–water partition coefficient (Wildman–Crippen LogP) is 3.20. The van der Waals surface area contributed by atoms with Gasteiger partial charge in [-0.25, -0.2) is 4.79 Å². The minimum absolute atomic E-state index is 0.192. The lowest BCUT2D eigenvalue weighted by atomic mass is 9.97. The molecule has 4 heteroatoms. The molecule has 2 rings (SSSR count). The van der Waals surface area contributed by atoms with E-state index < -0.39 is 5.60 Å². The molecule has 0 radical (unpaired) electrons. The number of ether oxygens (including phenoxy) is 1. The Bertz CT molecular complexity index is 544. The lowest BCUT2D eigenvalue weighted by Crippen LogP contribution is -2.42. The standard InChI is InChI=1S/C18H26N2O2/c1-18(2,3)22-17(21)20-12-6-7-14(13-20)10-11-15-8-4-5-9-16(15)19/h8-9,14H,4-7,12-13,19H2,1-3H3. The first-order chi connectivity index (χ1) is 10.3. The summed E-state index contributed by atoms with van der Waals surface area (Å²) in [4.78, 5) is 13.9. The fourth-order valence-corrected chi connectivity index (χ4v) is 2.58. The zero-order valence-corrected chi connectivity index (χ0v) is 13.8. The first-order valence-corrected chi connectivity index (χ1v) is 8.01. The molecule has 0 aromatic rings. The van der Waals surface area contributed by atoms with Crippen molar-refractivity contribution in [1.29, 1.82) is 0 Å². The molecular weight excluding hydrogens is 276 g/mol. The largest absolute Gasteiger partial charge is 0.444 e. The highest BCUT2D eigenvalue weighted by Crippen LogP contribution is 2.20. The Morgan fingerprint density at radius 2 is 2.09 bits per heavy atom. The van der Waals surface area contributed by atoms with Crippen LogP contribution >= 0.6 is 0 Å². The van der Waals surface area contributed by atoms with Crippen LogP contribution in [-0.2, 0) is 4.74 Å². The highest BCUT2D eigenvalue weighted by molar-refractivity contribution is 5.68. The van der Waals surface area contributed by atoms with E-state index in [0.717, 1.165) is 43.5 Å². The van der Waals surface area contributed by atoms with E-state index in [-0.39, 0.29) is 12.0 Å². The molecule has 0 saturated carbocycles. The van der Waals surface area contributed by atoms with Gasteiger partial charge in [-0.2, -0.15) is 0 Å². The minimum atomic E-state index is -0.456. The number of carbonyl (C=O) groups is 1. The van der Waals surface area contributed by atoms with Crippen LogP contribution in [0.1, 0.15) is 46.5 Å². The van der Waals surface area contributed by atoms with Crippen LogP contribution in [0, 0.1) is 17.8 Å². The van der Waals surface area contributed by atoms with Gasteiger partial charge < -0.3 is 15.4 Å². The van der Waals surface area contributed by atoms with Crippen molar-refractivity contribution in [2.45, 2.75) is 52.1 Å². The predicted molar refractivity (Wildman–Crippen MR) is 87.9 cm³/mol. The first kappa shape index (κ1) is 16.5. The maximum absolute atomic E-state index is 12.1. The average Bonchev–Trinajstić information content (AvgIpc) is 2.45. The molecule has 0 aromatic heterocycles. The minimum Gasteiger partial charge on any atom is -0.444 e. The van der Waals surface area contributed by atoms with E-state index in [1.807, 2.05) is 26.8 Å². The normalized spacial score (nSPS) is 22.1. The Hall–Kier alpha value is -1.89. The second kappa shape index (κ2) is 6.91. The summed E-state index contributed by atoms with van der Waals surface area (Å²) in [5.74, 6) is 6.66. The summed E-state index contributed by atoms with van der Waals surface area (Å²) in [7, 11) is 0. The number of piperidine rings is 1. The molecule has 1 unspecified atom stereocenters. The Balaban J connectivity index is 1.95. The van der Waals surface area contributed by atoms with Gasteiger partial charge in [0, 0.05) is 30.3 Å². The molecule has 2 N–H and O–H groups in total. The molecule has 0 aromatic carbocycles. The summed E-state index contributed by atoms with van der Waals surface area (Å²) in [6.07, 6.45) is 7.85. The molecule has 2 aliphatic rings. The third kappa shape index (κ3) is 4.84. The lowest BCUT2D eigenvalue weighted by molar-refractivity contribution is 0.0190. The van der Waals surface area contributed by atoms with Crippen molar-refractivity contribution in [2.24, 2.45) is 11.7 Å². The SMILES string of the molecule is CC(C)(C)OC(=O)N1CCCC(C#CC2=CCCC=C2N)C1. The molecular formula is C18H26N2O2. The second-order valence-corrected chi connectivity index (χ2v) is 6.89. The lowest BCUT2D eigenvalue weighted by Gasteiger charge is -2.32. The van der Waals surface area contributed by atoms with E-state index >= 15 is 0 Å². The Kier molecular flexibility index (Phi) is 5.18. The van der Waals surface area contributed by atoms with Crippen LogP contribution in [0.4, 0.5) is 4.79 Å². The van der Waals surface area contributed by atoms with Crippen LogP contribution in [0.15, 0.2) is 23.4 Å². The number of hydrogen-bond acceptors (Lipinski definition) is 3. The van der Waals surface area contributed by atoms with Crippen molar-refractivity contribution in [3.8, 4) is 11.8 Å². The van der Waals surface area contributed by atoms with Crippen LogP contribution in [0.5, 0.6) is 0 Å². The zero-order chi connectivity index (χ0) is 16.2.